The highest BCUT2D eigenvalue weighted by atomic mass is 79.9. The highest BCUT2D eigenvalue weighted by Gasteiger charge is 2.10. The predicted octanol–water partition coefficient (Wildman–Crippen LogP) is 3.54. The van der Waals surface area contributed by atoms with Crippen molar-refractivity contribution in [2.45, 2.75) is 19.9 Å². The molecule has 2 rings (SSSR count). The second-order valence-electron chi connectivity index (χ2n) is 4.41. The first-order valence-electron chi connectivity index (χ1n) is 6.32. The molecule has 0 saturated carbocycles. The molecular weight excluding hydrogens is 342 g/mol. The van der Waals surface area contributed by atoms with Crippen molar-refractivity contribution >= 4 is 26.0 Å². The van der Waals surface area contributed by atoms with Crippen LogP contribution in [0.2, 0.25) is 0 Å². The summed E-state index contributed by atoms with van der Waals surface area (Å²) >= 11 is 3.38. The molecule has 0 amide bonds. The van der Waals surface area contributed by atoms with Crippen molar-refractivity contribution in [1.29, 1.82) is 0 Å². The zero-order chi connectivity index (χ0) is 14.6. The van der Waals surface area contributed by atoms with Crippen LogP contribution in [-0.2, 0) is 16.6 Å². The van der Waals surface area contributed by atoms with Crippen molar-refractivity contribution in [2.24, 2.45) is 0 Å². The maximum atomic E-state index is 11.6. The summed E-state index contributed by atoms with van der Waals surface area (Å²) in [5, 5.41) is 0. The van der Waals surface area contributed by atoms with E-state index in [1.807, 2.05) is 37.3 Å². The van der Waals surface area contributed by atoms with E-state index in [1.165, 1.54) is 0 Å². The molecule has 0 unspecified atom stereocenters. The normalized spacial score (nSPS) is 11.7. The summed E-state index contributed by atoms with van der Waals surface area (Å²) in [5.41, 5.74) is 0.955. The molecule has 108 valence electrons. The van der Waals surface area contributed by atoms with E-state index in [4.69, 9.17) is 4.42 Å². The molecule has 0 atom stereocenters. The van der Waals surface area contributed by atoms with Gasteiger partial charge in [0.05, 0.1) is 12.3 Å². The number of hydrogen-bond donors (Lipinski definition) is 1. The molecule has 1 heterocycles. The number of sulfonamides is 1. The van der Waals surface area contributed by atoms with E-state index >= 15 is 0 Å². The molecule has 1 N–H and O–H groups in total. The maximum absolute atomic E-state index is 11.6. The van der Waals surface area contributed by atoms with Gasteiger partial charge in [0, 0.05) is 10.0 Å². The van der Waals surface area contributed by atoms with E-state index in [9.17, 15) is 8.42 Å². The SMILES string of the molecule is CCCS(=O)(=O)NCc1ccc(-c2ccc(Br)cc2)o1. The van der Waals surface area contributed by atoms with Crippen LogP contribution < -0.4 is 4.72 Å². The summed E-state index contributed by atoms with van der Waals surface area (Å²) in [4.78, 5) is 0. The highest BCUT2D eigenvalue weighted by Crippen LogP contribution is 2.23. The van der Waals surface area contributed by atoms with Crippen LogP contribution >= 0.6 is 15.9 Å². The van der Waals surface area contributed by atoms with E-state index in [0.29, 0.717) is 12.2 Å². The van der Waals surface area contributed by atoms with Gasteiger partial charge in [-0.3, -0.25) is 0 Å². The number of nitrogens with one attached hydrogen (secondary N) is 1. The number of halogens is 1. The summed E-state index contributed by atoms with van der Waals surface area (Å²) < 4.78 is 32.3. The molecule has 0 saturated heterocycles. The van der Waals surface area contributed by atoms with Crippen LogP contribution in [0.1, 0.15) is 19.1 Å². The van der Waals surface area contributed by atoms with E-state index in [-0.39, 0.29) is 12.3 Å². The summed E-state index contributed by atoms with van der Waals surface area (Å²) in [7, 11) is -3.21. The third kappa shape index (κ3) is 4.19. The quantitative estimate of drug-likeness (QED) is 0.859. The Balaban J connectivity index is 2.04. The molecule has 0 fully saturated rings. The molecule has 0 bridgehead atoms. The zero-order valence-corrected chi connectivity index (χ0v) is 13.5. The summed E-state index contributed by atoms with van der Waals surface area (Å²) in [6.45, 7) is 2.01. The molecule has 0 radical (unpaired) electrons. The smallest absolute Gasteiger partial charge is 0.211 e. The second-order valence-corrected chi connectivity index (χ2v) is 7.25. The molecule has 2 aromatic rings. The molecular formula is C14H16BrNO3S. The predicted molar refractivity (Wildman–Crippen MR) is 82.8 cm³/mol. The standard InChI is InChI=1S/C14H16BrNO3S/c1-2-9-20(17,18)16-10-13-7-8-14(19-13)11-3-5-12(15)6-4-11/h3-8,16H,2,9-10H2,1H3. The van der Waals surface area contributed by atoms with Crippen molar-refractivity contribution < 1.29 is 12.8 Å². The monoisotopic (exact) mass is 357 g/mol. The molecule has 0 spiro atoms. The van der Waals surface area contributed by atoms with Crippen molar-refractivity contribution in [3.63, 3.8) is 0 Å². The van der Waals surface area contributed by atoms with Gasteiger partial charge in [-0.05, 0) is 30.7 Å². The van der Waals surface area contributed by atoms with Crippen LogP contribution in [0.25, 0.3) is 11.3 Å². The third-order valence-corrected chi connectivity index (χ3v) is 4.79. The Kier molecular flexibility index (Phi) is 5.01. The summed E-state index contributed by atoms with van der Waals surface area (Å²) in [6.07, 6.45) is 0.595. The fourth-order valence-electron chi connectivity index (χ4n) is 1.76. The summed E-state index contributed by atoms with van der Waals surface area (Å²) in [6, 6.07) is 11.4. The lowest BCUT2D eigenvalue weighted by Crippen LogP contribution is -2.25. The number of rotatable bonds is 6. The molecule has 1 aromatic carbocycles. The zero-order valence-electron chi connectivity index (χ0n) is 11.1. The largest absolute Gasteiger partial charge is 0.460 e. The lowest BCUT2D eigenvalue weighted by molar-refractivity contribution is 0.509. The lowest BCUT2D eigenvalue weighted by atomic mass is 10.2. The van der Waals surface area contributed by atoms with Gasteiger partial charge in [0.2, 0.25) is 10.0 Å². The van der Waals surface area contributed by atoms with Crippen LogP contribution in [0, 0.1) is 0 Å². The Morgan fingerprint density at radius 2 is 1.85 bits per heavy atom. The van der Waals surface area contributed by atoms with Crippen LogP contribution in [0.4, 0.5) is 0 Å². The van der Waals surface area contributed by atoms with Gasteiger partial charge in [0.15, 0.2) is 0 Å². The van der Waals surface area contributed by atoms with Crippen molar-refractivity contribution in [3.05, 3.63) is 46.6 Å². The highest BCUT2D eigenvalue weighted by molar-refractivity contribution is 9.10. The van der Waals surface area contributed by atoms with E-state index in [1.54, 1.807) is 6.07 Å². The number of benzene rings is 1. The fraction of sp³-hybridized carbons (Fsp3) is 0.286. The fourth-order valence-corrected chi connectivity index (χ4v) is 3.07. The minimum Gasteiger partial charge on any atom is -0.460 e. The van der Waals surface area contributed by atoms with Gasteiger partial charge in [-0.25, -0.2) is 13.1 Å². The molecule has 6 heteroatoms. The van der Waals surface area contributed by atoms with E-state index in [2.05, 4.69) is 20.7 Å². The minimum absolute atomic E-state index is 0.132. The van der Waals surface area contributed by atoms with Crippen LogP contribution in [0.3, 0.4) is 0 Å². The first kappa shape index (κ1) is 15.3. The average Bonchev–Trinajstić information content (AvgIpc) is 2.86. The second kappa shape index (κ2) is 6.56. The van der Waals surface area contributed by atoms with Gasteiger partial charge in [-0.2, -0.15) is 0 Å². The van der Waals surface area contributed by atoms with Gasteiger partial charge < -0.3 is 4.42 Å². The lowest BCUT2D eigenvalue weighted by Gasteiger charge is -2.03. The van der Waals surface area contributed by atoms with Gasteiger partial charge in [0.1, 0.15) is 11.5 Å². The first-order chi connectivity index (χ1) is 9.50. The Labute approximate surface area is 127 Å². The number of furan rings is 1. The molecule has 0 aliphatic heterocycles. The van der Waals surface area contributed by atoms with Crippen LogP contribution in [0.15, 0.2) is 45.3 Å². The van der Waals surface area contributed by atoms with Crippen molar-refractivity contribution in [2.75, 3.05) is 5.75 Å². The van der Waals surface area contributed by atoms with E-state index in [0.717, 1.165) is 15.8 Å². The Hall–Kier alpha value is -1.11. The molecule has 20 heavy (non-hydrogen) atoms. The summed E-state index contributed by atoms with van der Waals surface area (Å²) in [5.74, 6) is 1.46. The Morgan fingerprint density at radius 3 is 2.50 bits per heavy atom. The average molecular weight is 358 g/mol. The van der Waals surface area contributed by atoms with Crippen molar-refractivity contribution in [1.82, 2.24) is 4.72 Å². The Morgan fingerprint density at radius 1 is 1.15 bits per heavy atom. The number of hydrogen-bond acceptors (Lipinski definition) is 3. The van der Waals surface area contributed by atoms with E-state index < -0.39 is 10.0 Å². The minimum atomic E-state index is -3.21. The van der Waals surface area contributed by atoms with Crippen molar-refractivity contribution in [3.8, 4) is 11.3 Å². The van der Waals surface area contributed by atoms with Gasteiger partial charge in [-0.15, -0.1) is 0 Å². The third-order valence-electron chi connectivity index (χ3n) is 2.73. The van der Waals surface area contributed by atoms with Crippen LogP contribution in [-0.4, -0.2) is 14.2 Å². The van der Waals surface area contributed by atoms with Gasteiger partial charge in [-0.1, -0.05) is 35.0 Å². The molecule has 1 aromatic heterocycles. The topological polar surface area (TPSA) is 59.3 Å². The first-order valence-corrected chi connectivity index (χ1v) is 8.76. The molecule has 4 nitrogen and oxygen atoms in total. The molecule has 0 aliphatic carbocycles. The van der Waals surface area contributed by atoms with Gasteiger partial charge in [0.25, 0.3) is 0 Å². The molecule has 0 aliphatic rings. The maximum Gasteiger partial charge on any atom is 0.211 e. The Bertz CT molecular complexity index is 662. The van der Waals surface area contributed by atoms with Crippen LogP contribution in [0.5, 0.6) is 0 Å². The van der Waals surface area contributed by atoms with Gasteiger partial charge >= 0.3 is 0 Å².